The first kappa shape index (κ1) is 27.6. The quantitative estimate of drug-likeness (QED) is 0.270. The number of alkyl halides is 1. The number of aliphatic imine (C=N–C) groups is 1. The van der Waals surface area contributed by atoms with Crippen LogP contribution in [-0.4, -0.2) is 53.6 Å². The molecule has 1 aromatic rings. The second-order valence-corrected chi connectivity index (χ2v) is 9.45. The van der Waals surface area contributed by atoms with Crippen molar-refractivity contribution in [1.29, 1.82) is 0 Å². The molecule has 1 aliphatic carbocycles. The zero-order chi connectivity index (χ0) is 26.1. The van der Waals surface area contributed by atoms with Crippen LogP contribution in [0.5, 0.6) is 0 Å². The Morgan fingerprint density at radius 2 is 2.19 bits per heavy atom. The molecule has 2 atom stereocenters. The molecule has 36 heavy (non-hydrogen) atoms. The molecule has 0 aromatic carbocycles. The molecule has 1 N–H and O–H groups in total. The van der Waals surface area contributed by atoms with Gasteiger partial charge in [0.25, 0.3) is 0 Å². The number of aryl methyl sites for hydroxylation is 1. The lowest BCUT2D eigenvalue weighted by molar-refractivity contribution is 0.120. The zero-order valence-electron chi connectivity index (χ0n) is 22.1. The lowest BCUT2D eigenvalue weighted by Gasteiger charge is -2.23. The number of ether oxygens (including phenoxy) is 1. The van der Waals surface area contributed by atoms with Crippen molar-refractivity contribution >= 4 is 11.8 Å². The van der Waals surface area contributed by atoms with E-state index in [1.54, 1.807) is 12.4 Å². The summed E-state index contributed by atoms with van der Waals surface area (Å²) in [6.07, 6.45) is 15.3. The van der Waals surface area contributed by atoms with Crippen molar-refractivity contribution in [2.24, 2.45) is 10.9 Å². The van der Waals surface area contributed by atoms with E-state index in [0.717, 1.165) is 48.2 Å². The molecule has 6 heteroatoms. The Balaban J connectivity index is 1.79. The van der Waals surface area contributed by atoms with E-state index in [-0.39, 0.29) is 18.6 Å². The minimum absolute atomic E-state index is 0.216. The summed E-state index contributed by atoms with van der Waals surface area (Å²) >= 11 is 0. The number of hydrogen-bond donors (Lipinski definition) is 1. The molecule has 1 fully saturated rings. The molecule has 0 bridgehead atoms. The summed E-state index contributed by atoms with van der Waals surface area (Å²) in [5.74, 6) is 0.899. The number of hydrogen-bond acceptors (Lipinski definition) is 5. The van der Waals surface area contributed by atoms with Gasteiger partial charge in [-0.25, -0.2) is 9.38 Å². The molecule has 1 aliphatic heterocycles. The summed E-state index contributed by atoms with van der Waals surface area (Å²) in [7, 11) is 0. The summed E-state index contributed by atoms with van der Waals surface area (Å²) in [6, 6.07) is 2.26. The second kappa shape index (κ2) is 13.4. The highest BCUT2D eigenvalue weighted by atomic mass is 19.1. The average Bonchev–Trinajstić information content (AvgIpc) is 3.32. The highest BCUT2D eigenvalue weighted by molar-refractivity contribution is 5.84. The number of rotatable bonds is 11. The number of aliphatic hydroxyl groups excluding tert-OH is 1. The van der Waals surface area contributed by atoms with Crippen LogP contribution in [0.1, 0.15) is 63.3 Å². The third-order valence-corrected chi connectivity index (χ3v) is 6.93. The van der Waals surface area contributed by atoms with Crippen molar-refractivity contribution in [3.05, 3.63) is 82.8 Å². The van der Waals surface area contributed by atoms with E-state index in [1.165, 1.54) is 11.1 Å². The first-order valence-corrected chi connectivity index (χ1v) is 13.0. The average molecular weight is 494 g/mol. The van der Waals surface area contributed by atoms with Gasteiger partial charge in [0.2, 0.25) is 5.88 Å². The Morgan fingerprint density at radius 1 is 1.39 bits per heavy atom. The number of halogens is 1. The molecule has 1 unspecified atom stereocenters. The van der Waals surface area contributed by atoms with Gasteiger partial charge < -0.3 is 9.84 Å². The van der Waals surface area contributed by atoms with Gasteiger partial charge in [0.15, 0.2) is 0 Å². The summed E-state index contributed by atoms with van der Waals surface area (Å²) in [5, 5.41) is 10.4. The van der Waals surface area contributed by atoms with Crippen LogP contribution < -0.4 is 0 Å². The Hall–Kier alpha value is -2.99. The third kappa shape index (κ3) is 7.03. The molecule has 194 valence electrons. The molecule has 1 saturated heterocycles. The Morgan fingerprint density at radius 3 is 2.89 bits per heavy atom. The van der Waals surface area contributed by atoms with Gasteiger partial charge in [-0.1, -0.05) is 39.0 Å². The number of nitrogens with zero attached hydrogens (tertiary/aromatic N) is 3. The molecular weight excluding hydrogens is 453 g/mol. The molecule has 2 aliphatic rings. The van der Waals surface area contributed by atoms with Crippen LogP contribution in [0.3, 0.4) is 0 Å². The SMILES string of the molecule is C=C(N=Cc1cnc(C(/C=C(/O)CC)=C2\C(CC)=CC=CC2C)cc1C)OC[C@H]1CCCN1CCF. The predicted molar refractivity (Wildman–Crippen MR) is 147 cm³/mol. The summed E-state index contributed by atoms with van der Waals surface area (Å²) in [4.78, 5) is 11.3. The number of aromatic nitrogens is 1. The molecule has 0 spiro atoms. The van der Waals surface area contributed by atoms with Crippen molar-refractivity contribution in [2.75, 3.05) is 26.4 Å². The summed E-state index contributed by atoms with van der Waals surface area (Å²) < 4.78 is 18.5. The first-order valence-electron chi connectivity index (χ1n) is 13.0. The van der Waals surface area contributed by atoms with E-state index in [0.29, 0.717) is 31.2 Å². The van der Waals surface area contributed by atoms with Crippen LogP contribution in [-0.2, 0) is 4.74 Å². The lowest BCUT2D eigenvalue weighted by atomic mass is 9.83. The van der Waals surface area contributed by atoms with E-state index < -0.39 is 0 Å². The normalized spacial score (nSPS) is 22.2. The minimum atomic E-state index is -0.338. The molecule has 0 radical (unpaired) electrons. The van der Waals surface area contributed by atoms with Crippen LogP contribution >= 0.6 is 0 Å². The zero-order valence-corrected chi connectivity index (χ0v) is 22.1. The summed E-state index contributed by atoms with van der Waals surface area (Å²) in [6.45, 7) is 13.7. The van der Waals surface area contributed by atoms with Gasteiger partial charge in [0.1, 0.15) is 13.3 Å². The monoisotopic (exact) mass is 493 g/mol. The molecule has 5 nitrogen and oxygen atoms in total. The van der Waals surface area contributed by atoms with Crippen LogP contribution in [0, 0.1) is 12.8 Å². The molecule has 0 amide bonds. The van der Waals surface area contributed by atoms with Gasteiger partial charge in [0.05, 0.1) is 11.5 Å². The van der Waals surface area contributed by atoms with Crippen molar-refractivity contribution in [3.8, 4) is 0 Å². The third-order valence-electron chi connectivity index (χ3n) is 6.93. The molecule has 3 rings (SSSR count). The first-order chi connectivity index (χ1) is 17.4. The van der Waals surface area contributed by atoms with E-state index in [1.807, 2.05) is 26.0 Å². The Bertz CT molecular complexity index is 1080. The number of allylic oxidation sites excluding steroid dienone is 8. The molecule has 0 saturated carbocycles. The maximum absolute atomic E-state index is 12.7. The number of aliphatic hydroxyl groups is 1. The Kier molecular flexibility index (Phi) is 10.2. The van der Waals surface area contributed by atoms with Gasteiger partial charge >= 0.3 is 0 Å². The van der Waals surface area contributed by atoms with Gasteiger partial charge in [-0.3, -0.25) is 9.88 Å². The van der Waals surface area contributed by atoms with E-state index >= 15 is 0 Å². The highest BCUT2D eigenvalue weighted by Crippen LogP contribution is 2.35. The van der Waals surface area contributed by atoms with Crippen LogP contribution in [0.25, 0.3) is 5.57 Å². The fraction of sp³-hybridized carbons (Fsp3) is 0.467. The fourth-order valence-corrected chi connectivity index (χ4v) is 4.81. The lowest BCUT2D eigenvalue weighted by Crippen LogP contribution is -2.34. The van der Waals surface area contributed by atoms with Crippen molar-refractivity contribution in [2.45, 2.75) is 59.4 Å². The van der Waals surface area contributed by atoms with E-state index in [9.17, 15) is 9.50 Å². The van der Waals surface area contributed by atoms with Crippen molar-refractivity contribution in [3.63, 3.8) is 0 Å². The summed E-state index contributed by atoms with van der Waals surface area (Å²) in [5.41, 5.74) is 6.12. The van der Waals surface area contributed by atoms with Crippen LogP contribution in [0.4, 0.5) is 4.39 Å². The van der Waals surface area contributed by atoms with Crippen LogP contribution in [0.15, 0.2) is 70.9 Å². The molecule has 1 aromatic heterocycles. The highest BCUT2D eigenvalue weighted by Gasteiger charge is 2.24. The van der Waals surface area contributed by atoms with Gasteiger partial charge in [-0.15, -0.1) is 0 Å². The van der Waals surface area contributed by atoms with E-state index in [2.05, 4.69) is 48.5 Å². The molecular formula is C30H40FN3O2. The smallest absolute Gasteiger partial charge is 0.205 e. The van der Waals surface area contributed by atoms with E-state index in [4.69, 9.17) is 9.72 Å². The second-order valence-electron chi connectivity index (χ2n) is 9.45. The largest absolute Gasteiger partial charge is 0.512 e. The van der Waals surface area contributed by atoms with Gasteiger partial charge in [-0.2, -0.15) is 0 Å². The number of pyridine rings is 1. The standard InChI is InChI=1S/C30H40FN3O2/c1-6-24-11-8-10-21(3)30(24)28(17-27(35)7-2)29-16-22(4)25(19-33-29)18-32-23(5)36-20-26-12-9-14-34(26)15-13-31/h8,10-11,16-19,21,26,35H,5-7,9,12-15,20H2,1-4H3/b27-17+,30-28-,32-18?/t21?,26-/m1/s1. The van der Waals surface area contributed by atoms with Crippen molar-refractivity contribution < 1.29 is 14.2 Å². The predicted octanol–water partition coefficient (Wildman–Crippen LogP) is 6.88. The fourth-order valence-electron chi connectivity index (χ4n) is 4.81. The minimum Gasteiger partial charge on any atom is -0.512 e. The van der Waals surface area contributed by atoms with Crippen molar-refractivity contribution in [1.82, 2.24) is 9.88 Å². The van der Waals surface area contributed by atoms with Gasteiger partial charge in [0, 0.05) is 48.5 Å². The maximum Gasteiger partial charge on any atom is 0.205 e. The molecule has 2 heterocycles. The topological polar surface area (TPSA) is 58.0 Å². The Labute approximate surface area is 215 Å². The van der Waals surface area contributed by atoms with Crippen LogP contribution in [0.2, 0.25) is 0 Å². The maximum atomic E-state index is 12.7. The van der Waals surface area contributed by atoms with Gasteiger partial charge in [-0.05, 0) is 68.2 Å². The number of likely N-dealkylation sites (tertiary alicyclic amines) is 1.